The summed E-state index contributed by atoms with van der Waals surface area (Å²) in [5.74, 6) is 2.78. The Morgan fingerprint density at radius 1 is 1.26 bits per heavy atom. The monoisotopic (exact) mass is 265 g/mol. The Morgan fingerprint density at radius 3 is 2.63 bits per heavy atom. The molecule has 4 heteroatoms. The van der Waals surface area contributed by atoms with E-state index in [0.29, 0.717) is 11.8 Å². The minimum absolute atomic E-state index is 0.454. The second-order valence-electron chi connectivity index (χ2n) is 5.96. The van der Waals surface area contributed by atoms with Gasteiger partial charge in [-0.3, -0.25) is 0 Å². The van der Waals surface area contributed by atoms with Gasteiger partial charge in [0.25, 0.3) is 0 Å². The Bertz CT molecular complexity index is 398. The third-order valence-electron chi connectivity index (χ3n) is 4.85. The predicted octanol–water partition coefficient (Wildman–Crippen LogP) is 3.73. The summed E-state index contributed by atoms with van der Waals surface area (Å²) in [4.78, 5) is 4.61. The van der Waals surface area contributed by atoms with E-state index in [-0.39, 0.29) is 0 Å². The van der Waals surface area contributed by atoms with Crippen LogP contribution >= 0.6 is 0 Å². The van der Waals surface area contributed by atoms with E-state index in [1.165, 1.54) is 32.1 Å². The zero-order valence-electron chi connectivity index (χ0n) is 12.5. The summed E-state index contributed by atoms with van der Waals surface area (Å²) in [6, 6.07) is 0. The quantitative estimate of drug-likeness (QED) is 0.881. The van der Waals surface area contributed by atoms with Crippen LogP contribution in [-0.2, 0) is 5.54 Å². The van der Waals surface area contributed by atoms with Gasteiger partial charge < -0.3 is 10.3 Å². The maximum absolute atomic E-state index is 6.32. The summed E-state index contributed by atoms with van der Waals surface area (Å²) in [6.45, 7) is 6.41. The Kier molecular flexibility index (Phi) is 4.61. The molecule has 1 heterocycles. The van der Waals surface area contributed by atoms with Crippen molar-refractivity contribution in [3.8, 4) is 0 Å². The van der Waals surface area contributed by atoms with Gasteiger partial charge in [-0.2, -0.15) is 4.98 Å². The van der Waals surface area contributed by atoms with Crippen LogP contribution in [0.25, 0.3) is 0 Å². The summed E-state index contributed by atoms with van der Waals surface area (Å²) in [6.07, 6.45) is 7.92. The summed E-state index contributed by atoms with van der Waals surface area (Å²) in [5.41, 5.74) is 5.86. The van der Waals surface area contributed by atoms with Gasteiger partial charge in [0, 0.05) is 5.92 Å². The summed E-state index contributed by atoms with van der Waals surface area (Å²) < 4.78 is 5.45. The SMILES string of the molecule is CCC1CCCC(c2noc(C(N)(CC)CC)n2)C1. The van der Waals surface area contributed by atoms with E-state index in [2.05, 4.69) is 30.9 Å². The van der Waals surface area contributed by atoms with Crippen molar-refractivity contribution < 1.29 is 4.52 Å². The average Bonchev–Trinajstić information content (AvgIpc) is 2.97. The smallest absolute Gasteiger partial charge is 0.246 e. The van der Waals surface area contributed by atoms with E-state index in [1.54, 1.807) is 0 Å². The highest BCUT2D eigenvalue weighted by atomic mass is 16.5. The molecule has 1 aromatic heterocycles. The molecular formula is C15H27N3O. The van der Waals surface area contributed by atoms with Crippen molar-refractivity contribution in [2.75, 3.05) is 0 Å². The minimum atomic E-state index is -0.454. The van der Waals surface area contributed by atoms with Crippen LogP contribution in [0.4, 0.5) is 0 Å². The van der Waals surface area contributed by atoms with Crippen LogP contribution in [0, 0.1) is 5.92 Å². The molecule has 0 saturated heterocycles. The molecule has 2 atom stereocenters. The molecule has 0 radical (unpaired) electrons. The normalized spacial score (nSPS) is 24.6. The fourth-order valence-electron chi connectivity index (χ4n) is 3.05. The van der Waals surface area contributed by atoms with E-state index in [0.717, 1.165) is 24.6 Å². The number of nitrogens with zero attached hydrogens (tertiary/aromatic N) is 2. The Hall–Kier alpha value is -0.900. The van der Waals surface area contributed by atoms with Crippen molar-refractivity contribution >= 4 is 0 Å². The van der Waals surface area contributed by atoms with Crippen molar-refractivity contribution in [2.24, 2.45) is 11.7 Å². The highest BCUT2D eigenvalue weighted by Crippen LogP contribution is 2.37. The van der Waals surface area contributed by atoms with Gasteiger partial charge in [-0.1, -0.05) is 45.2 Å². The zero-order chi connectivity index (χ0) is 13.9. The first-order chi connectivity index (χ1) is 9.12. The van der Waals surface area contributed by atoms with E-state index in [1.807, 2.05) is 0 Å². The Morgan fingerprint density at radius 2 is 2.00 bits per heavy atom. The number of aromatic nitrogens is 2. The number of nitrogens with two attached hydrogens (primary N) is 1. The second kappa shape index (κ2) is 6.04. The molecule has 1 aromatic rings. The van der Waals surface area contributed by atoms with Crippen LogP contribution in [0.3, 0.4) is 0 Å². The van der Waals surface area contributed by atoms with Crippen LogP contribution in [0.2, 0.25) is 0 Å². The lowest BCUT2D eigenvalue weighted by Crippen LogP contribution is -2.35. The van der Waals surface area contributed by atoms with Crippen LogP contribution in [-0.4, -0.2) is 10.1 Å². The van der Waals surface area contributed by atoms with Crippen molar-refractivity contribution in [2.45, 2.75) is 77.2 Å². The molecule has 2 rings (SSSR count). The molecule has 0 amide bonds. The standard InChI is InChI=1S/C15H27N3O/c1-4-11-8-7-9-12(10-11)13-17-14(19-18-13)15(16,5-2)6-3/h11-12H,4-10,16H2,1-3H3. The van der Waals surface area contributed by atoms with Gasteiger partial charge in [-0.15, -0.1) is 0 Å². The molecule has 0 aliphatic heterocycles. The molecule has 1 saturated carbocycles. The molecule has 0 aromatic carbocycles. The van der Waals surface area contributed by atoms with Crippen LogP contribution in [0.15, 0.2) is 4.52 Å². The molecule has 0 bridgehead atoms. The van der Waals surface area contributed by atoms with Gasteiger partial charge in [-0.25, -0.2) is 0 Å². The first-order valence-electron chi connectivity index (χ1n) is 7.75. The number of rotatable bonds is 5. The van der Waals surface area contributed by atoms with Gasteiger partial charge in [0.15, 0.2) is 5.82 Å². The van der Waals surface area contributed by atoms with E-state index < -0.39 is 5.54 Å². The maximum atomic E-state index is 6.32. The molecule has 0 spiro atoms. The Labute approximate surface area is 116 Å². The Balaban J connectivity index is 2.12. The van der Waals surface area contributed by atoms with E-state index >= 15 is 0 Å². The lowest BCUT2D eigenvalue weighted by atomic mass is 9.80. The van der Waals surface area contributed by atoms with Crippen molar-refractivity contribution in [1.29, 1.82) is 0 Å². The van der Waals surface area contributed by atoms with Crippen LogP contribution < -0.4 is 5.73 Å². The van der Waals surface area contributed by atoms with Gasteiger partial charge >= 0.3 is 0 Å². The summed E-state index contributed by atoms with van der Waals surface area (Å²) >= 11 is 0. The molecule has 1 fully saturated rings. The molecule has 2 unspecified atom stereocenters. The van der Waals surface area contributed by atoms with Gasteiger partial charge in [0.2, 0.25) is 5.89 Å². The molecular weight excluding hydrogens is 238 g/mol. The highest BCUT2D eigenvalue weighted by Gasteiger charge is 2.32. The molecule has 1 aliphatic rings. The molecule has 108 valence electrons. The van der Waals surface area contributed by atoms with Crippen LogP contribution in [0.1, 0.15) is 83.3 Å². The van der Waals surface area contributed by atoms with Gasteiger partial charge in [-0.05, 0) is 31.6 Å². The number of hydrogen-bond acceptors (Lipinski definition) is 4. The van der Waals surface area contributed by atoms with Crippen molar-refractivity contribution in [3.63, 3.8) is 0 Å². The first kappa shape index (κ1) is 14.5. The highest BCUT2D eigenvalue weighted by molar-refractivity contribution is 5.05. The third kappa shape index (κ3) is 2.99. The second-order valence-corrected chi connectivity index (χ2v) is 5.96. The average molecular weight is 265 g/mol. The van der Waals surface area contributed by atoms with Crippen molar-refractivity contribution in [1.82, 2.24) is 10.1 Å². The molecule has 19 heavy (non-hydrogen) atoms. The fourth-order valence-corrected chi connectivity index (χ4v) is 3.05. The lowest BCUT2D eigenvalue weighted by molar-refractivity contribution is 0.262. The minimum Gasteiger partial charge on any atom is -0.337 e. The first-order valence-corrected chi connectivity index (χ1v) is 7.75. The van der Waals surface area contributed by atoms with Crippen LogP contribution in [0.5, 0.6) is 0 Å². The predicted molar refractivity (Wildman–Crippen MR) is 75.7 cm³/mol. The topological polar surface area (TPSA) is 64.9 Å². The van der Waals surface area contributed by atoms with E-state index in [4.69, 9.17) is 10.3 Å². The zero-order valence-corrected chi connectivity index (χ0v) is 12.5. The molecule has 1 aliphatic carbocycles. The van der Waals surface area contributed by atoms with E-state index in [9.17, 15) is 0 Å². The third-order valence-corrected chi connectivity index (χ3v) is 4.85. The molecule has 2 N–H and O–H groups in total. The largest absolute Gasteiger partial charge is 0.337 e. The molecule has 4 nitrogen and oxygen atoms in total. The summed E-state index contributed by atoms with van der Waals surface area (Å²) in [7, 11) is 0. The summed E-state index contributed by atoms with van der Waals surface area (Å²) in [5, 5.41) is 4.20. The fraction of sp³-hybridized carbons (Fsp3) is 0.867. The van der Waals surface area contributed by atoms with Crippen molar-refractivity contribution in [3.05, 3.63) is 11.7 Å². The van der Waals surface area contributed by atoms with Gasteiger partial charge in [0.1, 0.15) is 0 Å². The maximum Gasteiger partial charge on any atom is 0.246 e. The lowest BCUT2D eigenvalue weighted by Gasteiger charge is -2.26. The number of hydrogen-bond donors (Lipinski definition) is 1. The van der Waals surface area contributed by atoms with Gasteiger partial charge in [0.05, 0.1) is 5.54 Å².